The van der Waals surface area contributed by atoms with Gasteiger partial charge in [-0.3, -0.25) is 9.48 Å². The minimum atomic E-state index is -0.197. The van der Waals surface area contributed by atoms with Gasteiger partial charge in [-0.1, -0.05) is 11.6 Å². The summed E-state index contributed by atoms with van der Waals surface area (Å²) < 4.78 is 7.27. The number of halogens is 1. The fourth-order valence-electron chi connectivity index (χ4n) is 2.41. The monoisotopic (exact) mass is 317 g/mol. The number of hydrogen-bond donors (Lipinski definition) is 1. The molecule has 1 aliphatic rings. The molecular formula is C16H16ClN3O2. The predicted molar refractivity (Wildman–Crippen MR) is 86.2 cm³/mol. The van der Waals surface area contributed by atoms with Crippen LogP contribution in [0.25, 0.3) is 6.08 Å². The van der Waals surface area contributed by atoms with Gasteiger partial charge in [-0.05, 0) is 38.1 Å². The Kier molecular flexibility index (Phi) is 3.66. The van der Waals surface area contributed by atoms with Crippen molar-refractivity contribution in [1.29, 1.82) is 0 Å². The fraction of sp³-hybridized carbons (Fsp3) is 0.250. The maximum atomic E-state index is 12.4. The molecule has 1 aliphatic heterocycles. The number of rotatable bonds is 2. The summed E-state index contributed by atoms with van der Waals surface area (Å²) in [5.41, 5.74) is 3.20. The fourth-order valence-corrected chi connectivity index (χ4v) is 2.59. The lowest BCUT2D eigenvalue weighted by Gasteiger charge is -2.18. The van der Waals surface area contributed by atoms with E-state index in [4.69, 9.17) is 16.3 Å². The second-order valence-electron chi connectivity index (χ2n) is 5.28. The van der Waals surface area contributed by atoms with Crippen molar-refractivity contribution in [3.8, 4) is 5.75 Å². The lowest BCUT2D eigenvalue weighted by atomic mass is 10.1. The van der Waals surface area contributed by atoms with E-state index >= 15 is 0 Å². The van der Waals surface area contributed by atoms with Gasteiger partial charge in [0.1, 0.15) is 18.2 Å². The third kappa shape index (κ3) is 2.60. The second kappa shape index (κ2) is 5.50. The number of nitrogens with one attached hydrogen (secondary N) is 1. The molecule has 0 bridgehead atoms. The van der Waals surface area contributed by atoms with Gasteiger partial charge in [0, 0.05) is 23.2 Å². The van der Waals surface area contributed by atoms with E-state index in [0.29, 0.717) is 16.4 Å². The van der Waals surface area contributed by atoms with Crippen molar-refractivity contribution in [2.24, 2.45) is 7.05 Å². The molecule has 0 aliphatic carbocycles. The zero-order valence-corrected chi connectivity index (χ0v) is 13.4. The van der Waals surface area contributed by atoms with Crippen molar-refractivity contribution in [2.45, 2.75) is 13.8 Å². The maximum absolute atomic E-state index is 12.4. The number of benzene rings is 1. The summed E-state index contributed by atoms with van der Waals surface area (Å²) in [5.74, 6) is 1.23. The molecule has 0 saturated heterocycles. The van der Waals surface area contributed by atoms with E-state index in [1.807, 2.05) is 13.8 Å². The Morgan fingerprint density at radius 2 is 2.18 bits per heavy atom. The van der Waals surface area contributed by atoms with Gasteiger partial charge in [-0.25, -0.2) is 0 Å². The van der Waals surface area contributed by atoms with Crippen LogP contribution in [0.3, 0.4) is 0 Å². The number of hydrogen-bond acceptors (Lipinski definition) is 3. The van der Waals surface area contributed by atoms with Crippen LogP contribution in [0, 0.1) is 13.8 Å². The van der Waals surface area contributed by atoms with E-state index in [9.17, 15) is 4.79 Å². The Balaban J connectivity index is 1.87. The molecule has 1 aromatic carbocycles. The molecule has 0 saturated carbocycles. The molecule has 0 spiro atoms. The number of aryl methyl sites for hydroxylation is 2. The van der Waals surface area contributed by atoms with Gasteiger partial charge in [0.05, 0.1) is 11.3 Å². The van der Waals surface area contributed by atoms with E-state index in [0.717, 1.165) is 22.6 Å². The number of carbonyl (C=O) groups is 1. The third-order valence-electron chi connectivity index (χ3n) is 3.73. The van der Waals surface area contributed by atoms with Crippen LogP contribution in [0.1, 0.15) is 16.8 Å². The Morgan fingerprint density at radius 1 is 1.41 bits per heavy atom. The van der Waals surface area contributed by atoms with Gasteiger partial charge in [-0.2, -0.15) is 5.10 Å². The van der Waals surface area contributed by atoms with Crippen LogP contribution in [0.4, 0.5) is 5.82 Å². The van der Waals surface area contributed by atoms with Crippen LogP contribution in [0.5, 0.6) is 5.75 Å². The molecule has 3 rings (SSSR count). The molecule has 0 unspecified atom stereocenters. The summed E-state index contributed by atoms with van der Waals surface area (Å²) in [7, 11) is 1.80. The molecule has 1 amide bonds. The molecule has 2 aromatic rings. The van der Waals surface area contributed by atoms with Crippen LogP contribution < -0.4 is 10.1 Å². The number of carbonyl (C=O) groups excluding carboxylic acids is 1. The second-order valence-corrected chi connectivity index (χ2v) is 5.71. The van der Waals surface area contributed by atoms with E-state index in [1.54, 1.807) is 36.0 Å². The Bertz CT molecular complexity index is 793. The van der Waals surface area contributed by atoms with E-state index in [-0.39, 0.29) is 12.5 Å². The molecule has 1 aromatic heterocycles. The molecule has 1 N–H and O–H groups in total. The van der Waals surface area contributed by atoms with Gasteiger partial charge >= 0.3 is 0 Å². The van der Waals surface area contributed by atoms with Crippen LogP contribution in [0.15, 0.2) is 23.8 Å². The summed E-state index contributed by atoms with van der Waals surface area (Å²) in [6.07, 6.45) is 1.80. The van der Waals surface area contributed by atoms with Gasteiger partial charge in [-0.15, -0.1) is 0 Å². The van der Waals surface area contributed by atoms with E-state index in [2.05, 4.69) is 10.4 Å². The van der Waals surface area contributed by atoms with Crippen molar-refractivity contribution in [2.75, 3.05) is 11.9 Å². The molecule has 5 nitrogen and oxygen atoms in total. The minimum Gasteiger partial charge on any atom is -0.488 e. The van der Waals surface area contributed by atoms with Gasteiger partial charge in [0.2, 0.25) is 0 Å². The molecule has 0 radical (unpaired) electrons. The highest BCUT2D eigenvalue weighted by Gasteiger charge is 2.20. The SMILES string of the molecule is Cc1nn(C)c(NC(=O)C2=Cc3cc(Cl)ccc3OC2)c1C. The minimum absolute atomic E-state index is 0.197. The van der Waals surface area contributed by atoms with Crippen molar-refractivity contribution in [3.63, 3.8) is 0 Å². The molecule has 0 fully saturated rings. The van der Waals surface area contributed by atoms with Gasteiger partial charge < -0.3 is 10.1 Å². The first-order valence-electron chi connectivity index (χ1n) is 6.90. The highest BCUT2D eigenvalue weighted by Crippen LogP contribution is 2.29. The van der Waals surface area contributed by atoms with Crippen LogP contribution >= 0.6 is 11.6 Å². The van der Waals surface area contributed by atoms with Crippen LogP contribution in [0.2, 0.25) is 5.02 Å². The van der Waals surface area contributed by atoms with Crippen molar-refractivity contribution in [1.82, 2.24) is 9.78 Å². The molecule has 114 valence electrons. The Morgan fingerprint density at radius 3 is 2.86 bits per heavy atom. The smallest absolute Gasteiger partial charge is 0.256 e. The largest absolute Gasteiger partial charge is 0.488 e. The quantitative estimate of drug-likeness (QED) is 0.926. The Labute approximate surface area is 133 Å². The molecule has 22 heavy (non-hydrogen) atoms. The maximum Gasteiger partial charge on any atom is 0.256 e. The molecular weight excluding hydrogens is 302 g/mol. The first-order valence-corrected chi connectivity index (χ1v) is 7.28. The first-order chi connectivity index (χ1) is 10.5. The standard InChI is InChI=1S/C16H16ClN3O2/c1-9-10(2)19-20(3)15(9)18-16(21)12-6-11-7-13(17)4-5-14(11)22-8-12/h4-7H,8H2,1-3H3,(H,18,21). The Hall–Kier alpha value is -2.27. The number of nitrogens with zero attached hydrogens (tertiary/aromatic N) is 2. The third-order valence-corrected chi connectivity index (χ3v) is 3.96. The average molecular weight is 318 g/mol. The highest BCUT2D eigenvalue weighted by atomic mass is 35.5. The molecule has 2 heterocycles. The summed E-state index contributed by atoms with van der Waals surface area (Å²) in [6, 6.07) is 5.35. The number of ether oxygens (including phenoxy) is 1. The number of amides is 1. The zero-order chi connectivity index (χ0) is 15.9. The summed E-state index contributed by atoms with van der Waals surface area (Å²) in [4.78, 5) is 12.4. The average Bonchev–Trinajstić information content (AvgIpc) is 2.72. The first kappa shape index (κ1) is 14.7. The van der Waals surface area contributed by atoms with Crippen molar-refractivity contribution >= 4 is 29.4 Å². The van der Waals surface area contributed by atoms with E-state index in [1.165, 1.54) is 0 Å². The zero-order valence-electron chi connectivity index (χ0n) is 12.6. The highest BCUT2D eigenvalue weighted by molar-refractivity contribution is 6.30. The predicted octanol–water partition coefficient (Wildman–Crippen LogP) is 3.10. The number of fused-ring (bicyclic) bond motifs is 1. The number of anilines is 1. The van der Waals surface area contributed by atoms with Crippen LogP contribution in [-0.4, -0.2) is 22.3 Å². The van der Waals surface area contributed by atoms with E-state index < -0.39 is 0 Å². The van der Waals surface area contributed by atoms with Gasteiger partial charge in [0.15, 0.2) is 0 Å². The lowest BCUT2D eigenvalue weighted by Crippen LogP contribution is -2.22. The lowest BCUT2D eigenvalue weighted by molar-refractivity contribution is -0.113. The van der Waals surface area contributed by atoms with Crippen molar-refractivity contribution in [3.05, 3.63) is 45.6 Å². The topological polar surface area (TPSA) is 56.2 Å². The van der Waals surface area contributed by atoms with Crippen molar-refractivity contribution < 1.29 is 9.53 Å². The molecule has 6 heteroatoms. The number of aromatic nitrogens is 2. The normalized spacial score (nSPS) is 13.2. The summed E-state index contributed by atoms with van der Waals surface area (Å²) in [6.45, 7) is 4.07. The van der Waals surface area contributed by atoms with Gasteiger partial charge in [0.25, 0.3) is 5.91 Å². The summed E-state index contributed by atoms with van der Waals surface area (Å²) >= 11 is 5.98. The van der Waals surface area contributed by atoms with Crippen LogP contribution in [-0.2, 0) is 11.8 Å². The molecule has 0 atom stereocenters. The summed E-state index contributed by atoms with van der Waals surface area (Å²) in [5, 5.41) is 7.79.